The fourth-order valence-corrected chi connectivity index (χ4v) is 1.68. The molecule has 0 atom stereocenters. The van der Waals surface area contributed by atoms with E-state index < -0.39 is 0 Å². The van der Waals surface area contributed by atoms with Crippen LogP contribution in [0.15, 0.2) is 23.3 Å². The topological polar surface area (TPSA) is 44.7 Å². The molecule has 1 heterocycles. The molecule has 1 aromatic rings. The van der Waals surface area contributed by atoms with Gasteiger partial charge in [0.05, 0.1) is 5.69 Å². The monoisotopic (exact) mass is 217 g/mol. The number of nitrogens with one attached hydrogen (secondary N) is 1. The SMILES string of the molecule is CC(=O)Nc1cc(N2CCC=N2)ccc1C. The molecule has 0 saturated heterocycles. The van der Waals surface area contributed by atoms with Gasteiger partial charge in [-0.1, -0.05) is 6.07 Å². The van der Waals surface area contributed by atoms with Crippen molar-refractivity contribution in [3.8, 4) is 0 Å². The summed E-state index contributed by atoms with van der Waals surface area (Å²) in [7, 11) is 0. The van der Waals surface area contributed by atoms with Gasteiger partial charge in [0.1, 0.15) is 0 Å². The summed E-state index contributed by atoms with van der Waals surface area (Å²) in [6.07, 6.45) is 2.88. The molecule has 4 heteroatoms. The molecule has 4 nitrogen and oxygen atoms in total. The third-order valence-electron chi connectivity index (χ3n) is 2.52. The van der Waals surface area contributed by atoms with Gasteiger partial charge in [-0.3, -0.25) is 9.80 Å². The fraction of sp³-hybridized carbons (Fsp3) is 0.333. The third-order valence-corrected chi connectivity index (χ3v) is 2.52. The number of hydrazone groups is 1. The fourth-order valence-electron chi connectivity index (χ4n) is 1.68. The number of carbonyl (C=O) groups is 1. The Bertz CT molecular complexity index is 440. The lowest BCUT2D eigenvalue weighted by molar-refractivity contribution is -0.114. The van der Waals surface area contributed by atoms with E-state index in [4.69, 9.17) is 0 Å². The van der Waals surface area contributed by atoms with Gasteiger partial charge in [-0.25, -0.2) is 0 Å². The average Bonchev–Trinajstić information content (AvgIpc) is 2.73. The number of aryl methyl sites for hydroxylation is 1. The van der Waals surface area contributed by atoms with Gasteiger partial charge in [-0.2, -0.15) is 5.10 Å². The quantitative estimate of drug-likeness (QED) is 0.825. The summed E-state index contributed by atoms with van der Waals surface area (Å²) in [6, 6.07) is 5.97. The van der Waals surface area contributed by atoms with Crippen molar-refractivity contribution in [3.63, 3.8) is 0 Å². The summed E-state index contributed by atoms with van der Waals surface area (Å²) < 4.78 is 0. The number of rotatable bonds is 2. The van der Waals surface area contributed by atoms with E-state index in [1.807, 2.05) is 36.3 Å². The van der Waals surface area contributed by atoms with Gasteiger partial charge >= 0.3 is 0 Å². The van der Waals surface area contributed by atoms with E-state index >= 15 is 0 Å². The van der Waals surface area contributed by atoms with Crippen molar-refractivity contribution in [3.05, 3.63) is 23.8 Å². The minimum absolute atomic E-state index is 0.0508. The highest BCUT2D eigenvalue weighted by Crippen LogP contribution is 2.24. The Morgan fingerprint density at radius 2 is 2.31 bits per heavy atom. The first-order valence-corrected chi connectivity index (χ1v) is 5.35. The Kier molecular flexibility index (Phi) is 2.90. The van der Waals surface area contributed by atoms with Gasteiger partial charge in [0.15, 0.2) is 0 Å². The van der Waals surface area contributed by atoms with E-state index in [0.717, 1.165) is 29.9 Å². The number of hydrogen-bond donors (Lipinski definition) is 1. The second-order valence-electron chi connectivity index (χ2n) is 3.89. The molecule has 16 heavy (non-hydrogen) atoms. The van der Waals surface area contributed by atoms with Gasteiger partial charge in [-0.05, 0) is 24.6 Å². The molecule has 0 saturated carbocycles. The molecule has 1 N–H and O–H groups in total. The Morgan fingerprint density at radius 1 is 1.50 bits per heavy atom. The Morgan fingerprint density at radius 3 is 2.94 bits per heavy atom. The molecule has 1 aliphatic heterocycles. The standard InChI is InChI=1S/C12H15N3O/c1-9-4-5-11(15-7-3-6-13-15)8-12(9)14-10(2)16/h4-6,8H,3,7H2,1-2H3,(H,14,16). The molecule has 0 spiro atoms. The summed E-state index contributed by atoms with van der Waals surface area (Å²) in [5.41, 5.74) is 2.93. The molecule has 0 radical (unpaired) electrons. The van der Waals surface area contributed by atoms with Crippen molar-refractivity contribution in [2.45, 2.75) is 20.3 Å². The van der Waals surface area contributed by atoms with Gasteiger partial charge in [-0.15, -0.1) is 0 Å². The summed E-state index contributed by atoms with van der Waals surface area (Å²) in [6.45, 7) is 4.39. The van der Waals surface area contributed by atoms with E-state index in [9.17, 15) is 4.79 Å². The van der Waals surface area contributed by atoms with Crippen LogP contribution < -0.4 is 10.3 Å². The summed E-state index contributed by atoms with van der Waals surface area (Å²) in [4.78, 5) is 11.0. The second-order valence-corrected chi connectivity index (χ2v) is 3.89. The van der Waals surface area contributed by atoms with Crippen molar-refractivity contribution in [2.24, 2.45) is 5.10 Å². The molecule has 84 valence electrons. The Labute approximate surface area is 95.0 Å². The highest BCUT2D eigenvalue weighted by Gasteiger charge is 2.10. The number of anilines is 2. The van der Waals surface area contributed by atoms with Crippen LogP contribution in [0.1, 0.15) is 18.9 Å². The molecule has 0 aromatic heterocycles. The lowest BCUT2D eigenvalue weighted by atomic mass is 10.1. The van der Waals surface area contributed by atoms with Gasteiger partial charge in [0.2, 0.25) is 5.91 Å². The molecule has 2 rings (SSSR count). The van der Waals surface area contributed by atoms with Crippen LogP contribution in [0.4, 0.5) is 11.4 Å². The highest BCUT2D eigenvalue weighted by atomic mass is 16.1. The zero-order valence-electron chi connectivity index (χ0n) is 9.53. The van der Waals surface area contributed by atoms with Gasteiger partial charge in [0.25, 0.3) is 0 Å². The minimum atomic E-state index is -0.0508. The highest BCUT2D eigenvalue weighted by molar-refractivity contribution is 5.90. The number of benzene rings is 1. The number of nitrogens with zero attached hydrogens (tertiary/aromatic N) is 2. The maximum Gasteiger partial charge on any atom is 0.221 e. The summed E-state index contributed by atoms with van der Waals surface area (Å²) >= 11 is 0. The summed E-state index contributed by atoms with van der Waals surface area (Å²) in [5.74, 6) is -0.0508. The number of amides is 1. The molecule has 0 bridgehead atoms. The smallest absolute Gasteiger partial charge is 0.221 e. The molecular weight excluding hydrogens is 202 g/mol. The van der Waals surface area contributed by atoms with Gasteiger partial charge < -0.3 is 5.32 Å². The van der Waals surface area contributed by atoms with Crippen LogP contribution in [-0.4, -0.2) is 18.7 Å². The van der Waals surface area contributed by atoms with E-state index in [0.29, 0.717) is 0 Å². The van der Waals surface area contributed by atoms with Crippen LogP contribution in [0.25, 0.3) is 0 Å². The van der Waals surface area contributed by atoms with E-state index in [1.165, 1.54) is 6.92 Å². The number of carbonyl (C=O) groups excluding carboxylic acids is 1. The lowest BCUT2D eigenvalue weighted by Crippen LogP contribution is -2.13. The zero-order valence-corrected chi connectivity index (χ0v) is 9.53. The lowest BCUT2D eigenvalue weighted by Gasteiger charge is -2.16. The van der Waals surface area contributed by atoms with Crippen LogP contribution in [0.3, 0.4) is 0 Å². The van der Waals surface area contributed by atoms with E-state index in [2.05, 4.69) is 10.4 Å². The molecule has 1 aromatic carbocycles. The van der Waals surface area contributed by atoms with Gasteiger partial charge in [0, 0.05) is 31.8 Å². The van der Waals surface area contributed by atoms with E-state index in [1.54, 1.807) is 0 Å². The van der Waals surface area contributed by atoms with Crippen LogP contribution >= 0.6 is 0 Å². The molecule has 0 unspecified atom stereocenters. The minimum Gasteiger partial charge on any atom is -0.326 e. The van der Waals surface area contributed by atoms with Crippen molar-refractivity contribution >= 4 is 23.5 Å². The van der Waals surface area contributed by atoms with Crippen LogP contribution in [-0.2, 0) is 4.79 Å². The third kappa shape index (κ3) is 2.21. The van der Waals surface area contributed by atoms with Crippen molar-refractivity contribution < 1.29 is 4.79 Å². The molecule has 1 amide bonds. The number of hydrogen-bond acceptors (Lipinski definition) is 3. The van der Waals surface area contributed by atoms with Crippen LogP contribution in [0.2, 0.25) is 0 Å². The van der Waals surface area contributed by atoms with Crippen molar-refractivity contribution in [1.82, 2.24) is 0 Å². The first-order valence-electron chi connectivity index (χ1n) is 5.35. The predicted octanol–water partition coefficient (Wildman–Crippen LogP) is 2.15. The largest absolute Gasteiger partial charge is 0.326 e. The zero-order chi connectivity index (χ0) is 11.5. The first kappa shape index (κ1) is 10.7. The maximum absolute atomic E-state index is 11.0. The molecular formula is C12H15N3O. The second kappa shape index (κ2) is 4.35. The van der Waals surface area contributed by atoms with E-state index in [-0.39, 0.29) is 5.91 Å². The summed E-state index contributed by atoms with van der Waals surface area (Å²) in [5, 5.41) is 9.01. The Hall–Kier alpha value is -1.84. The van der Waals surface area contributed by atoms with Crippen molar-refractivity contribution in [2.75, 3.05) is 16.9 Å². The van der Waals surface area contributed by atoms with Crippen LogP contribution in [0.5, 0.6) is 0 Å². The molecule has 0 aliphatic carbocycles. The van der Waals surface area contributed by atoms with Crippen molar-refractivity contribution in [1.29, 1.82) is 0 Å². The molecule has 1 aliphatic rings. The average molecular weight is 217 g/mol. The first-order chi connectivity index (χ1) is 7.66. The Balaban J connectivity index is 2.27. The predicted molar refractivity (Wildman–Crippen MR) is 65.9 cm³/mol. The maximum atomic E-state index is 11.0. The normalized spacial score (nSPS) is 14.2. The van der Waals surface area contributed by atoms with Crippen LogP contribution in [0, 0.1) is 6.92 Å². The molecule has 0 fully saturated rings.